The summed E-state index contributed by atoms with van der Waals surface area (Å²) >= 11 is 1.62. The molecule has 1 rings (SSSR count). The normalized spacial score (nSPS) is 24.0. The van der Waals surface area contributed by atoms with Crippen LogP contribution in [0.5, 0.6) is 0 Å². The second-order valence-corrected chi connectivity index (χ2v) is 7.78. The van der Waals surface area contributed by atoms with Gasteiger partial charge in [-0.1, -0.05) is 0 Å². The van der Waals surface area contributed by atoms with Gasteiger partial charge in [0.1, 0.15) is 0 Å². The molecule has 0 unspecified atom stereocenters. The van der Waals surface area contributed by atoms with Crippen molar-refractivity contribution in [3.8, 4) is 0 Å². The summed E-state index contributed by atoms with van der Waals surface area (Å²) < 4.78 is 0. The minimum atomic E-state index is 0.809. The molecule has 20 valence electrons. The molecular weight excluding hydrogens is 174 g/mol. The van der Waals surface area contributed by atoms with Gasteiger partial charge in [-0.25, -0.2) is 0 Å². The van der Waals surface area contributed by atoms with Gasteiger partial charge in [0, 0.05) is 0 Å². The van der Waals surface area contributed by atoms with Gasteiger partial charge in [-0.2, -0.15) is 0 Å². The molecule has 0 aliphatic carbocycles. The first-order valence-corrected chi connectivity index (χ1v) is 8.42. The van der Waals surface area contributed by atoms with Gasteiger partial charge in [0.05, 0.1) is 0 Å². The van der Waals surface area contributed by atoms with Crippen LogP contribution in [-0.4, -0.2) is 26.3 Å². The van der Waals surface area contributed by atoms with Crippen LogP contribution < -0.4 is 0 Å². The standard InChI is InChI=1S/C2H2As2/c1-2-4-3-1/h1-2H. The average Bonchev–Trinajstić information content (AvgIpc) is 0.722. The fourth-order valence-electron chi connectivity index (χ4n) is 0.0667. The van der Waals surface area contributed by atoms with Gasteiger partial charge in [-0.15, -0.1) is 0 Å². The van der Waals surface area contributed by atoms with E-state index >= 15 is 0 Å². The molecule has 0 saturated carbocycles. The van der Waals surface area contributed by atoms with Crippen LogP contribution in [0, 0.1) is 0 Å². The summed E-state index contributed by atoms with van der Waals surface area (Å²) in [5.41, 5.74) is 0. The maximum atomic E-state index is 2.32. The van der Waals surface area contributed by atoms with Gasteiger partial charge < -0.3 is 0 Å². The Labute approximate surface area is 36.2 Å². The Morgan fingerprint density at radius 2 is 1.25 bits per heavy atom. The predicted octanol–water partition coefficient (Wildman–Crippen LogP) is -0.205. The molecule has 1 aliphatic heterocycles. The second-order valence-electron chi connectivity index (χ2n) is 0.529. The third-order valence-corrected chi connectivity index (χ3v) is 7.20. The van der Waals surface area contributed by atoms with E-state index in [1.807, 2.05) is 0 Å². The Hall–Kier alpha value is 0.857. The molecule has 0 nitrogen and oxygen atoms in total. The van der Waals surface area contributed by atoms with Crippen LogP contribution in [0.4, 0.5) is 0 Å². The molecule has 1 heterocycles. The van der Waals surface area contributed by atoms with Crippen molar-refractivity contribution in [1.29, 1.82) is 0 Å². The van der Waals surface area contributed by atoms with E-state index in [1.165, 1.54) is 0 Å². The Kier molecular flexibility index (Phi) is 1.02. The zero-order valence-electron chi connectivity index (χ0n) is 2.05. The molecule has 0 aromatic rings. The average molecular weight is 176 g/mol. The van der Waals surface area contributed by atoms with Crippen molar-refractivity contribution in [2.75, 3.05) is 0 Å². The van der Waals surface area contributed by atoms with E-state index in [9.17, 15) is 0 Å². The third kappa shape index (κ3) is 0.418. The molecule has 0 bridgehead atoms. The summed E-state index contributed by atoms with van der Waals surface area (Å²) in [7, 11) is 0. The minimum absolute atomic E-state index is 0.809. The van der Waals surface area contributed by atoms with Crippen LogP contribution in [0.25, 0.3) is 0 Å². The van der Waals surface area contributed by atoms with E-state index in [4.69, 9.17) is 0 Å². The fourth-order valence-corrected chi connectivity index (χ4v) is 1.80. The molecular formula is C2H2As2. The summed E-state index contributed by atoms with van der Waals surface area (Å²) in [5.74, 6) is 0. The van der Waals surface area contributed by atoms with E-state index in [0.29, 0.717) is 0 Å². The van der Waals surface area contributed by atoms with Crippen molar-refractivity contribution < 1.29 is 0 Å². The van der Waals surface area contributed by atoms with E-state index < -0.39 is 0 Å². The topological polar surface area (TPSA) is 0 Å². The van der Waals surface area contributed by atoms with Gasteiger partial charge in [0.15, 0.2) is 0 Å². The van der Waals surface area contributed by atoms with Crippen LogP contribution in [-0.2, 0) is 0 Å². The van der Waals surface area contributed by atoms with Crippen molar-refractivity contribution in [1.82, 2.24) is 0 Å². The van der Waals surface area contributed by atoms with E-state index in [1.54, 1.807) is 0 Å². The first-order chi connectivity index (χ1) is 2.00. The molecule has 0 amide bonds. The van der Waals surface area contributed by atoms with Crippen LogP contribution in [0.2, 0.25) is 0 Å². The summed E-state index contributed by atoms with van der Waals surface area (Å²) in [4.78, 5) is 4.63. The molecule has 1 aliphatic rings. The van der Waals surface area contributed by atoms with Gasteiger partial charge in [-0.05, 0) is 0 Å². The molecule has 0 atom stereocenters. The fraction of sp³-hybridized carbons (Fsp3) is 0. The van der Waals surface area contributed by atoms with Crippen molar-refractivity contribution >= 4 is 26.3 Å². The summed E-state index contributed by atoms with van der Waals surface area (Å²) in [6.45, 7) is 0. The van der Waals surface area contributed by atoms with Gasteiger partial charge in [0.25, 0.3) is 0 Å². The number of rotatable bonds is 0. The van der Waals surface area contributed by atoms with Gasteiger partial charge >= 0.3 is 36.0 Å². The molecule has 0 saturated heterocycles. The Morgan fingerprint density at radius 1 is 1.00 bits per heavy atom. The maximum absolute atomic E-state index is 2.32. The van der Waals surface area contributed by atoms with Crippen LogP contribution in [0.3, 0.4) is 0 Å². The Balaban J connectivity index is 2.67. The summed E-state index contributed by atoms with van der Waals surface area (Å²) in [5, 5.41) is 0. The van der Waals surface area contributed by atoms with Crippen molar-refractivity contribution in [2.24, 2.45) is 0 Å². The molecule has 0 aromatic heterocycles. The SMILES string of the molecule is C1=C[As]=[As]1. The molecule has 2 heteroatoms. The summed E-state index contributed by atoms with van der Waals surface area (Å²) in [6, 6.07) is 0. The van der Waals surface area contributed by atoms with Gasteiger partial charge in [0.2, 0.25) is 0 Å². The zero-order valence-corrected chi connectivity index (χ0v) is 5.80. The van der Waals surface area contributed by atoms with Crippen molar-refractivity contribution in [2.45, 2.75) is 0 Å². The molecule has 0 fully saturated rings. The second kappa shape index (κ2) is 1.33. The zero-order chi connectivity index (χ0) is 2.83. The Morgan fingerprint density at radius 3 is 1.25 bits per heavy atom. The Bertz CT molecular complexity index is 44.4. The summed E-state index contributed by atoms with van der Waals surface area (Å²) in [6.07, 6.45) is 0. The number of hydrogen-bond donors (Lipinski definition) is 0. The van der Waals surface area contributed by atoms with Crippen LogP contribution in [0.15, 0.2) is 9.73 Å². The van der Waals surface area contributed by atoms with E-state index in [0.717, 1.165) is 26.3 Å². The monoisotopic (exact) mass is 176 g/mol. The predicted molar refractivity (Wildman–Crippen MR) is 20.6 cm³/mol. The van der Waals surface area contributed by atoms with E-state index in [2.05, 4.69) is 9.73 Å². The molecule has 0 N–H and O–H groups in total. The molecule has 0 spiro atoms. The molecule has 0 aromatic carbocycles. The van der Waals surface area contributed by atoms with Crippen LogP contribution >= 0.6 is 0 Å². The quantitative estimate of drug-likeness (QED) is 0.448. The van der Waals surface area contributed by atoms with Gasteiger partial charge in [-0.3, -0.25) is 0 Å². The molecule has 4 heavy (non-hydrogen) atoms. The van der Waals surface area contributed by atoms with Crippen molar-refractivity contribution in [3.63, 3.8) is 0 Å². The first kappa shape index (κ1) is 3.06. The van der Waals surface area contributed by atoms with E-state index in [-0.39, 0.29) is 0 Å². The van der Waals surface area contributed by atoms with Crippen molar-refractivity contribution in [3.05, 3.63) is 9.73 Å². The first-order valence-electron chi connectivity index (χ1n) is 1.05. The number of hydrogen-bond acceptors (Lipinski definition) is 0. The van der Waals surface area contributed by atoms with Crippen LogP contribution in [0.1, 0.15) is 0 Å². The third-order valence-electron chi connectivity index (χ3n) is 0.267. The molecule has 0 radical (unpaired) electrons.